The molecule has 0 radical (unpaired) electrons. The third-order valence-corrected chi connectivity index (χ3v) is 6.59. The van der Waals surface area contributed by atoms with Gasteiger partial charge in [-0.2, -0.15) is 19.6 Å². The van der Waals surface area contributed by atoms with Crippen LogP contribution in [0.4, 0.5) is 5.95 Å². The fourth-order valence-corrected chi connectivity index (χ4v) is 4.91. The molecule has 1 unspecified atom stereocenters. The van der Waals surface area contributed by atoms with Crippen LogP contribution in [-0.4, -0.2) is 66.7 Å². The Morgan fingerprint density at radius 3 is 2.76 bits per heavy atom. The smallest absolute Gasteiger partial charge is 0.326 e. The highest BCUT2D eigenvalue weighted by Gasteiger charge is 2.28. The molecule has 0 amide bonds. The molecule has 152 valence electrons. The van der Waals surface area contributed by atoms with Crippen LogP contribution in [0.25, 0.3) is 11.7 Å². The lowest BCUT2D eigenvalue weighted by atomic mass is 10.3. The molecule has 1 saturated heterocycles. The second kappa shape index (κ2) is 6.40. The SMILES string of the molecule is O=c1[nH]c(O)c(/C=c2/cnn3c(=NC4CC4)nc(NC4CCS(=O)(=O)C4)nc23)[nH]1. The largest absolute Gasteiger partial charge is 0.493 e. The maximum atomic E-state index is 11.7. The van der Waals surface area contributed by atoms with Crippen molar-refractivity contribution in [3.63, 3.8) is 0 Å². The van der Waals surface area contributed by atoms with Gasteiger partial charge in [-0.3, -0.25) is 4.98 Å². The minimum Gasteiger partial charge on any atom is -0.493 e. The Balaban J connectivity index is 1.63. The number of aromatic hydroxyl groups is 1. The quantitative estimate of drug-likeness (QED) is 0.379. The Bertz CT molecular complexity index is 1380. The molecular formula is C16H18N8O4S. The van der Waals surface area contributed by atoms with Crippen LogP contribution in [0.1, 0.15) is 25.0 Å². The second-order valence-electron chi connectivity index (χ2n) is 7.27. The summed E-state index contributed by atoms with van der Waals surface area (Å²) in [6, 6.07) is -0.0776. The molecule has 4 heterocycles. The Morgan fingerprint density at radius 1 is 1.28 bits per heavy atom. The fraction of sp³-hybridized carbons (Fsp3) is 0.438. The van der Waals surface area contributed by atoms with Crippen molar-refractivity contribution in [1.29, 1.82) is 0 Å². The molecule has 1 aliphatic carbocycles. The lowest BCUT2D eigenvalue weighted by Gasteiger charge is -2.10. The third-order valence-electron chi connectivity index (χ3n) is 4.82. The number of sulfone groups is 1. The van der Waals surface area contributed by atoms with Crippen LogP contribution in [0.2, 0.25) is 0 Å². The molecule has 12 nitrogen and oxygen atoms in total. The first kappa shape index (κ1) is 17.8. The zero-order valence-corrected chi connectivity index (χ0v) is 16.0. The van der Waals surface area contributed by atoms with Crippen LogP contribution < -0.4 is 21.8 Å². The first-order chi connectivity index (χ1) is 13.9. The molecule has 3 aromatic rings. The van der Waals surface area contributed by atoms with E-state index in [1.54, 1.807) is 0 Å². The lowest BCUT2D eigenvalue weighted by Crippen LogP contribution is -2.28. The Morgan fingerprint density at radius 2 is 2.10 bits per heavy atom. The number of rotatable bonds is 4. The van der Waals surface area contributed by atoms with Gasteiger partial charge in [0.25, 0.3) is 5.62 Å². The highest BCUT2D eigenvalue weighted by Crippen LogP contribution is 2.22. The summed E-state index contributed by atoms with van der Waals surface area (Å²) in [6.07, 6.45) is 5.52. The van der Waals surface area contributed by atoms with E-state index in [0.717, 1.165) is 12.8 Å². The van der Waals surface area contributed by atoms with E-state index in [-0.39, 0.29) is 41.1 Å². The summed E-state index contributed by atoms with van der Waals surface area (Å²) in [7, 11) is -3.05. The Kier molecular flexibility index (Phi) is 3.94. The number of nitrogens with one attached hydrogen (secondary N) is 3. The summed E-state index contributed by atoms with van der Waals surface area (Å²) in [4.78, 5) is 29.6. The molecule has 0 aromatic carbocycles. The Hall–Kier alpha value is -3.22. The standard InChI is InChI=1S/C16H18N8O4S/c25-13-11(20-16(26)22-13)5-8-6-17-24-12(8)21-14(23-15(24)19-9-1-2-9)18-10-3-4-29(27,28)7-10/h5-6,9-10,25H,1-4,7H2,(H,18,19,23)(H2,20,22,26)/b8-5-. The number of hydrogen-bond donors (Lipinski definition) is 4. The maximum absolute atomic E-state index is 11.7. The minimum absolute atomic E-state index is 0.0351. The number of fused-ring (bicyclic) bond motifs is 1. The molecule has 3 aromatic heterocycles. The molecule has 4 N–H and O–H groups in total. The summed E-state index contributed by atoms with van der Waals surface area (Å²) in [5.41, 5.74) is 0.450. The van der Waals surface area contributed by atoms with Gasteiger partial charge in [-0.15, -0.1) is 0 Å². The van der Waals surface area contributed by atoms with Crippen LogP contribution in [0.5, 0.6) is 5.88 Å². The lowest BCUT2D eigenvalue weighted by molar-refractivity contribution is 0.454. The van der Waals surface area contributed by atoms with Gasteiger partial charge in [0, 0.05) is 11.3 Å². The van der Waals surface area contributed by atoms with E-state index < -0.39 is 15.5 Å². The molecule has 0 spiro atoms. The number of anilines is 1. The van der Waals surface area contributed by atoms with Crippen LogP contribution in [0.3, 0.4) is 0 Å². The van der Waals surface area contributed by atoms with Gasteiger partial charge >= 0.3 is 5.69 Å². The molecular weight excluding hydrogens is 400 g/mol. The summed E-state index contributed by atoms with van der Waals surface area (Å²) in [6.45, 7) is 0. The number of nitrogens with zero attached hydrogens (tertiary/aromatic N) is 5. The molecule has 1 atom stereocenters. The van der Waals surface area contributed by atoms with Crippen LogP contribution in [0.15, 0.2) is 16.0 Å². The molecule has 2 aliphatic rings. The summed E-state index contributed by atoms with van der Waals surface area (Å²) >= 11 is 0. The summed E-state index contributed by atoms with van der Waals surface area (Å²) in [5, 5.41) is 17.7. The van der Waals surface area contributed by atoms with E-state index >= 15 is 0 Å². The van der Waals surface area contributed by atoms with Gasteiger partial charge in [0.15, 0.2) is 15.5 Å². The second-order valence-corrected chi connectivity index (χ2v) is 9.50. The van der Waals surface area contributed by atoms with Crippen molar-refractivity contribution in [2.24, 2.45) is 4.99 Å². The first-order valence-electron chi connectivity index (χ1n) is 9.16. The highest BCUT2D eigenvalue weighted by molar-refractivity contribution is 7.91. The molecule has 0 bridgehead atoms. The van der Waals surface area contributed by atoms with E-state index in [1.165, 1.54) is 16.8 Å². The predicted molar refractivity (Wildman–Crippen MR) is 102 cm³/mol. The van der Waals surface area contributed by atoms with Crippen LogP contribution in [0, 0.1) is 0 Å². The normalized spacial score (nSPS) is 22.6. The molecule has 1 aliphatic heterocycles. The number of aromatic nitrogens is 6. The van der Waals surface area contributed by atoms with Crippen molar-refractivity contribution in [2.75, 3.05) is 16.8 Å². The van der Waals surface area contributed by atoms with Crippen LogP contribution >= 0.6 is 0 Å². The molecule has 29 heavy (non-hydrogen) atoms. The molecule has 1 saturated carbocycles. The third kappa shape index (κ3) is 3.60. The number of H-pyrrole nitrogens is 2. The van der Waals surface area contributed by atoms with Crippen molar-refractivity contribution in [3.8, 4) is 5.88 Å². The molecule has 2 fully saturated rings. The van der Waals surface area contributed by atoms with Crippen molar-refractivity contribution in [2.45, 2.75) is 31.3 Å². The van der Waals surface area contributed by atoms with E-state index in [2.05, 4.69) is 35.3 Å². The first-order valence-corrected chi connectivity index (χ1v) is 11.0. The van der Waals surface area contributed by atoms with Crippen molar-refractivity contribution in [3.05, 3.63) is 33.2 Å². The van der Waals surface area contributed by atoms with Gasteiger partial charge in [-0.1, -0.05) is 0 Å². The number of hydrogen-bond acceptors (Lipinski definition) is 9. The zero-order chi connectivity index (χ0) is 20.2. The van der Waals surface area contributed by atoms with Crippen molar-refractivity contribution < 1.29 is 13.5 Å². The van der Waals surface area contributed by atoms with Crippen molar-refractivity contribution in [1.82, 2.24) is 29.5 Å². The summed E-state index contributed by atoms with van der Waals surface area (Å²) < 4.78 is 25.0. The van der Waals surface area contributed by atoms with Gasteiger partial charge < -0.3 is 15.4 Å². The van der Waals surface area contributed by atoms with Gasteiger partial charge in [-0.25, -0.2) is 18.2 Å². The topological polar surface area (TPSA) is 170 Å². The van der Waals surface area contributed by atoms with Gasteiger partial charge in [0.05, 0.1) is 23.7 Å². The van der Waals surface area contributed by atoms with E-state index in [4.69, 9.17) is 0 Å². The monoisotopic (exact) mass is 418 g/mol. The number of imidazole rings is 1. The minimum atomic E-state index is -3.05. The fourth-order valence-electron chi connectivity index (χ4n) is 3.24. The van der Waals surface area contributed by atoms with Gasteiger partial charge in [0.1, 0.15) is 5.69 Å². The van der Waals surface area contributed by atoms with Crippen LogP contribution in [-0.2, 0) is 9.84 Å². The zero-order valence-electron chi connectivity index (χ0n) is 15.2. The van der Waals surface area contributed by atoms with Gasteiger partial charge in [0.2, 0.25) is 11.8 Å². The maximum Gasteiger partial charge on any atom is 0.326 e. The van der Waals surface area contributed by atoms with E-state index in [9.17, 15) is 18.3 Å². The molecule has 13 heteroatoms. The average Bonchev–Trinajstić information content (AvgIpc) is 3.14. The van der Waals surface area contributed by atoms with Crippen molar-refractivity contribution >= 4 is 27.5 Å². The summed E-state index contributed by atoms with van der Waals surface area (Å²) in [5.74, 6) is 0.146. The average molecular weight is 418 g/mol. The van der Waals surface area contributed by atoms with Gasteiger partial charge in [-0.05, 0) is 25.3 Å². The highest BCUT2D eigenvalue weighted by atomic mass is 32.2. The molecule has 5 rings (SSSR count). The van der Waals surface area contributed by atoms with E-state index in [1.807, 2.05) is 0 Å². The van der Waals surface area contributed by atoms with E-state index in [0.29, 0.717) is 22.9 Å². The number of aromatic amines is 2. The Labute approximate surface area is 163 Å². The predicted octanol–water partition coefficient (Wildman–Crippen LogP) is -1.94.